The third-order valence-electron chi connectivity index (χ3n) is 9.84. The van der Waals surface area contributed by atoms with E-state index in [4.69, 9.17) is 24.2 Å². The molecule has 4 aromatic carbocycles. The Morgan fingerprint density at radius 2 is 1.74 bits per heavy atom. The Kier molecular flexibility index (Phi) is 7.69. The number of likely N-dealkylation sites (tertiary alicyclic amines) is 1. The van der Waals surface area contributed by atoms with Crippen LogP contribution in [-0.4, -0.2) is 78.5 Å². The molecule has 3 aliphatic rings. The zero-order chi connectivity index (χ0) is 32.1. The van der Waals surface area contributed by atoms with Crippen molar-refractivity contribution in [2.75, 3.05) is 45.3 Å². The van der Waals surface area contributed by atoms with Crippen LogP contribution < -0.4 is 24.4 Å². The second-order valence-electron chi connectivity index (χ2n) is 12.9. The second kappa shape index (κ2) is 12.2. The highest BCUT2D eigenvalue weighted by Gasteiger charge is 2.34. The molecule has 3 saturated heterocycles. The molecular formula is C37H38FN5O4. The summed E-state index contributed by atoms with van der Waals surface area (Å²) < 4.78 is 33.4. The maximum Gasteiger partial charge on any atom is 0.319 e. The van der Waals surface area contributed by atoms with Crippen LogP contribution in [-0.2, 0) is 0 Å². The lowest BCUT2D eigenvalue weighted by molar-refractivity contribution is 0.188. The first-order valence-corrected chi connectivity index (χ1v) is 16.3. The quantitative estimate of drug-likeness (QED) is 0.198. The molecule has 5 aromatic rings. The molecule has 0 aliphatic carbocycles. The summed E-state index contributed by atoms with van der Waals surface area (Å²) in [6.45, 7) is 3.19. The molecule has 3 fully saturated rings. The summed E-state index contributed by atoms with van der Waals surface area (Å²) >= 11 is 0. The van der Waals surface area contributed by atoms with Crippen molar-refractivity contribution < 1.29 is 23.7 Å². The highest BCUT2D eigenvalue weighted by molar-refractivity contribution is 6.03. The number of nitrogens with one attached hydrogen (secondary N) is 1. The minimum atomic E-state index is -0.520. The van der Waals surface area contributed by atoms with E-state index in [0.29, 0.717) is 53.3 Å². The molecule has 0 radical (unpaired) electrons. The number of rotatable bonds is 8. The van der Waals surface area contributed by atoms with Crippen molar-refractivity contribution >= 4 is 27.5 Å². The van der Waals surface area contributed by atoms with E-state index in [1.165, 1.54) is 19.2 Å². The minimum Gasteiger partial charge on any atom is -0.508 e. The summed E-state index contributed by atoms with van der Waals surface area (Å²) in [6, 6.07) is 21.0. The van der Waals surface area contributed by atoms with Gasteiger partial charge in [0.25, 0.3) is 0 Å². The van der Waals surface area contributed by atoms with Crippen LogP contribution in [0, 0.1) is 5.82 Å². The van der Waals surface area contributed by atoms with E-state index in [1.807, 2.05) is 36.4 Å². The number of ether oxygens (including phenoxy) is 3. The number of halogens is 1. The summed E-state index contributed by atoms with van der Waals surface area (Å²) in [7, 11) is 3.66. The molecule has 47 heavy (non-hydrogen) atoms. The molecule has 0 unspecified atom stereocenters. The van der Waals surface area contributed by atoms with E-state index in [-0.39, 0.29) is 11.5 Å². The van der Waals surface area contributed by atoms with Crippen molar-refractivity contribution in [1.29, 1.82) is 0 Å². The van der Waals surface area contributed by atoms with Gasteiger partial charge in [-0.25, -0.2) is 4.39 Å². The van der Waals surface area contributed by atoms with E-state index in [1.54, 1.807) is 18.2 Å². The summed E-state index contributed by atoms with van der Waals surface area (Å²) in [5.41, 5.74) is 2.06. The van der Waals surface area contributed by atoms with Crippen LogP contribution in [0.15, 0.2) is 66.7 Å². The van der Waals surface area contributed by atoms with Gasteiger partial charge in [-0.05, 0) is 92.0 Å². The number of anilines is 1. The molecule has 2 bridgehead atoms. The Hall–Kier alpha value is -4.67. The van der Waals surface area contributed by atoms with Gasteiger partial charge in [-0.15, -0.1) is 0 Å². The number of hydrogen-bond donors (Lipinski definition) is 2. The average Bonchev–Trinajstić information content (AvgIpc) is 3.66. The van der Waals surface area contributed by atoms with Gasteiger partial charge in [0.1, 0.15) is 29.7 Å². The zero-order valence-corrected chi connectivity index (χ0v) is 26.6. The Morgan fingerprint density at radius 3 is 2.53 bits per heavy atom. The minimum absolute atomic E-state index is 0.0257. The van der Waals surface area contributed by atoms with Crippen molar-refractivity contribution in [2.45, 2.75) is 43.8 Å². The van der Waals surface area contributed by atoms with Crippen molar-refractivity contribution in [3.63, 3.8) is 0 Å². The largest absolute Gasteiger partial charge is 0.508 e. The number of fused-ring (bicyclic) bond motifs is 4. The first-order valence-electron chi connectivity index (χ1n) is 16.3. The Labute approximate surface area is 272 Å². The Bertz CT molecular complexity index is 1960. The lowest BCUT2D eigenvalue weighted by atomic mass is 9.96. The van der Waals surface area contributed by atoms with Gasteiger partial charge < -0.3 is 34.4 Å². The molecule has 0 spiro atoms. The summed E-state index contributed by atoms with van der Waals surface area (Å²) in [4.78, 5) is 14.6. The number of benzene rings is 4. The fraction of sp³-hybridized carbons (Fsp3) is 0.351. The predicted octanol–water partition coefficient (Wildman–Crippen LogP) is 6.51. The van der Waals surface area contributed by atoms with Gasteiger partial charge in [0.2, 0.25) is 0 Å². The van der Waals surface area contributed by atoms with Gasteiger partial charge in [-0.3, -0.25) is 0 Å². The van der Waals surface area contributed by atoms with Crippen LogP contribution in [0.25, 0.3) is 32.8 Å². The van der Waals surface area contributed by atoms with Gasteiger partial charge in [0, 0.05) is 48.2 Å². The number of aromatic nitrogens is 2. The summed E-state index contributed by atoms with van der Waals surface area (Å²) in [5, 5.41) is 17.1. The SMILES string of the molecule is COc1ccc(F)c(Oc2cc3c(N4C[C@H]5CC[C@@H](C4)N5)nc(OC[C@@H]4CCCN4C)nc3cc2-c2cc(O)cc3ccccc23)c1. The van der Waals surface area contributed by atoms with Crippen LogP contribution in [0.2, 0.25) is 0 Å². The normalized spacial score (nSPS) is 21.1. The third kappa shape index (κ3) is 5.76. The van der Waals surface area contributed by atoms with Crippen LogP contribution in [0.4, 0.5) is 10.2 Å². The maximum atomic E-state index is 15.2. The standard InChI is InChI=1S/C37H38FN5O4/c1-42-13-5-7-25(42)21-46-37-40-33-17-30(29-15-26(44)14-22-6-3-4-8-28(22)29)34(47-35-16-27(45-2)11-12-32(35)38)18-31(33)36(41-37)43-19-23-9-10-24(20-43)39-23/h3-4,6,8,11-12,14-18,23-25,39,44H,5,7,9-10,13,19-21H2,1-2H3/t23-,24+,25-/m0/s1. The molecule has 242 valence electrons. The molecule has 10 heteroatoms. The summed E-state index contributed by atoms with van der Waals surface area (Å²) in [5.74, 6) is 1.27. The molecule has 8 rings (SSSR count). The maximum absolute atomic E-state index is 15.2. The number of hydrogen-bond acceptors (Lipinski definition) is 9. The van der Waals surface area contributed by atoms with E-state index in [0.717, 1.165) is 72.9 Å². The van der Waals surface area contributed by atoms with Crippen molar-refractivity contribution in [1.82, 2.24) is 20.2 Å². The van der Waals surface area contributed by atoms with Crippen LogP contribution in [0.3, 0.4) is 0 Å². The predicted molar refractivity (Wildman–Crippen MR) is 180 cm³/mol. The smallest absolute Gasteiger partial charge is 0.319 e. The molecule has 3 aliphatic heterocycles. The van der Waals surface area contributed by atoms with E-state index >= 15 is 4.39 Å². The third-order valence-corrected chi connectivity index (χ3v) is 9.84. The topological polar surface area (TPSA) is 92.2 Å². The number of likely N-dealkylation sites (N-methyl/N-ethyl adjacent to an activating group) is 1. The second-order valence-corrected chi connectivity index (χ2v) is 12.9. The van der Waals surface area contributed by atoms with E-state index < -0.39 is 5.82 Å². The molecular weight excluding hydrogens is 597 g/mol. The Balaban J connectivity index is 1.32. The van der Waals surface area contributed by atoms with Crippen LogP contribution >= 0.6 is 0 Å². The molecule has 1 aromatic heterocycles. The number of phenolic OH excluding ortho intramolecular Hbond substituents is 1. The molecule has 9 nitrogen and oxygen atoms in total. The monoisotopic (exact) mass is 635 g/mol. The molecule has 3 atom stereocenters. The number of piperazine rings is 1. The van der Waals surface area contributed by atoms with Crippen molar-refractivity contribution in [3.8, 4) is 40.1 Å². The lowest BCUT2D eigenvalue weighted by Gasteiger charge is -2.34. The van der Waals surface area contributed by atoms with Gasteiger partial charge in [-0.2, -0.15) is 9.97 Å². The first kappa shape index (κ1) is 29.7. The lowest BCUT2D eigenvalue weighted by Crippen LogP contribution is -2.51. The molecule has 4 heterocycles. The van der Waals surface area contributed by atoms with E-state index in [2.05, 4.69) is 22.2 Å². The highest BCUT2D eigenvalue weighted by Crippen LogP contribution is 2.44. The van der Waals surface area contributed by atoms with Crippen LogP contribution in [0.1, 0.15) is 25.7 Å². The Morgan fingerprint density at radius 1 is 0.915 bits per heavy atom. The molecule has 0 amide bonds. The average molecular weight is 636 g/mol. The zero-order valence-electron chi connectivity index (χ0n) is 26.6. The number of nitrogens with zero attached hydrogens (tertiary/aromatic N) is 4. The van der Waals surface area contributed by atoms with Gasteiger partial charge >= 0.3 is 6.01 Å². The summed E-state index contributed by atoms with van der Waals surface area (Å²) in [6.07, 6.45) is 4.48. The molecule has 2 N–H and O–H groups in total. The van der Waals surface area contributed by atoms with Crippen LogP contribution in [0.5, 0.6) is 29.0 Å². The first-order chi connectivity index (χ1) is 22.9. The van der Waals surface area contributed by atoms with Gasteiger partial charge in [0.05, 0.1) is 12.6 Å². The molecule has 0 saturated carbocycles. The van der Waals surface area contributed by atoms with E-state index in [9.17, 15) is 5.11 Å². The number of phenols is 1. The van der Waals surface area contributed by atoms with Gasteiger partial charge in [-0.1, -0.05) is 24.3 Å². The number of aromatic hydroxyl groups is 1. The van der Waals surface area contributed by atoms with Crippen molar-refractivity contribution in [2.24, 2.45) is 0 Å². The fourth-order valence-electron chi connectivity index (χ4n) is 7.37. The van der Waals surface area contributed by atoms with Gasteiger partial charge in [0.15, 0.2) is 11.6 Å². The number of methoxy groups -OCH3 is 1. The van der Waals surface area contributed by atoms with Crippen molar-refractivity contribution in [3.05, 3.63) is 72.5 Å². The highest BCUT2D eigenvalue weighted by atomic mass is 19.1. The fourth-order valence-corrected chi connectivity index (χ4v) is 7.37.